The fraction of sp³-hybridized carbons (Fsp3) is 0.500. The summed E-state index contributed by atoms with van der Waals surface area (Å²) in [6.07, 6.45) is 3.49. The van der Waals surface area contributed by atoms with E-state index in [0.29, 0.717) is 6.04 Å². The maximum Gasteiger partial charge on any atom is 0.251 e. The van der Waals surface area contributed by atoms with Crippen molar-refractivity contribution in [2.75, 3.05) is 13.1 Å². The van der Waals surface area contributed by atoms with Crippen molar-refractivity contribution in [1.82, 2.24) is 10.6 Å². The molecule has 4 heteroatoms. The molecular formula is C14H19BrN2O. The van der Waals surface area contributed by atoms with Crippen LogP contribution in [0, 0.1) is 6.92 Å². The largest absolute Gasteiger partial charge is 0.352 e. The van der Waals surface area contributed by atoms with Crippen molar-refractivity contribution in [2.24, 2.45) is 0 Å². The van der Waals surface area contributed by atoms with E-state index in [1.165, 1.54) is 12.8 Å². The summed E-state index contributed by atoms with van der Waals surface area (Å²) in [5.41, 5.74) is 1.76. The van der Waals surface area contributed by atoms with Crippen LogP contribution in [0.2, 0.25) is 0 Å². The molecule has 0 saturated carbocycles. The fourth-order valence-corrected chi connectivity index (χ4v) is 2.66. The molecule has 0 aromatic heterocycles. The van der Waals surface area contributed by atoms with Crippen LogP contribution in [0.3, 0.4) is 0 Å². The molecule has 1 aromatic rings. The lowest BCUT2D eigenvalue weighted by Gasteiger charge is -2.12. The molecule has 0 bridgehead atoms. The fourth-order valence-electron chi connectivity index (χ4n) is 2.30. The van der Waals surface area contributed by atoms with E-state index in [-0.39, 0.29) is 5.91 Å². The van der Waals surface area contributed by atoms with Gasteiger partial charge in [-0.3, -0.25) is 4.79 Å². The third kappa shape index (κ3) is 3.56. The van der Waals surface area contributed by atoms with Crippen molar-refractivity contribution < 1.29 is 4.79 Å². The third-order valence-electron chi connectivity index (χ3n) is 3.38. The Morgan fingerprint density at radius 3 is 3.11 bits per heavy atom. The Balaban J connectivity index is 1.85. The highest BCUT2D eigenvalue weighted by Crippen LogP contribution is 2.16. The smallest absolute Gasteiger partial charge is 0.251 e. The van der Waals surface area contributed by atoms with Crippen LogP contribution in [0.5, 0.6) is 0 Å². The van der Waals surface area contributed by atoms with Gasteiger partial charge in [0, 0.05) is 22.6 Å². The Labute approximate surface area is 116 Å². The second-order valence-electron chi connectivity index (χ2n) is 4.80. The average molecular weight is 311 g/mol. The molecule has 0 aliphatic carbocycles. The van der Waals surface area contributed by atoms with Gasteiger partial charge in [-0.2, -0.15) is 0 Å². The summed E-state index contributed by atoms with van der Waals surface area (Å²) >= 11 is 3.40. The average Bonchev–Trinajstić information content (AvgIpc) is 2.85. The Morgan fingerprint density at radius 2 is 2.39 bits per heavy atom. The Kier molecular flexibility index (Phi) is 4.78. The molecule has 1 heterocycles. The summed E-state index contributed by atoms with van der Waals surface area (Å²) in [6.45, 7) is 3.81. The summed E-state index contributed by atoms with van der Waals surface area (Å²) in [5.74, 6) is 0.0202. The van der Waals surface area contributed by atoms with Gasteiger partial charge in [0.1, 0.15) is 0 Å². The summed E-state index contributed by atoms with van der Waals surface area (Å²) in [7, 11) is 0. The van der Waals surface area contributed by atoms with Crippen molar-refractivity contribution in [1.29, 1.82) is 0 Å². The molecular weight excluding hydrogens is 292 g/mol. The number of rotatable bonds is 4. The minimum absolute atomic E-state index is 0.0202. The maximum absolute atomic E-state index is 12.0. The Morgan fingerprint density at radius 1 is 1.56 bits per heavy atom. The highest BCUT2D eigenvalue weighted by atomic mass is 79.9. The zero-order chi connectivity index (χ0) is 13.0. The maximum atomic E-state index is 12.0. The van der Waals surface area contributed by atoms with E-state index in [1.54, 1.807) is 0 Å². The van der Waals surface area contributed by atoms with Gasteiger partial charge in [0.05, 0.1) is 0 Å². The zero-order valence-corrected chi connectivity index (χ0v) is 12.2. The number of aryl methyl sites for hydroxylation is 1. The predicted octanol–water partition coefficient (Wildman–Crippen LogP) is 2.63. The number of carbonyl (C=O) groups is 1. The minimum atomic E-state index is 0.0202. The van der Waals surface area contributed by atoms with E-state index in [9.17, 15) is 4.79 Å². The molecule has 3 nitrogen and oxygen atoms in total. The van der Waals surface area contributed by atoms with Crippen molar-refractivity contribution >= 4 is 21.8 Å². The van der Waals surface area contributed by atoms with E-state index < -0.39 is 0 Å². The van der Waals surface area contributed by atoms with E-state index in [1.807, 2.05) is 25.1 Å². The summed E-state index contributed by atoms with van der Waals surface area (Å²) in [6, 6.07) is 6.36. The van der Waals surface area contributed by atoms with Crippen molar-refractivity contribution in [3.8, 4) is 0 Å². The second kappa shape index (κ2) is 6.34. The van der Waals surface area contributed by atoms with Crippen molar-refractivity contribution in [2.45, 2.75) is 32.2 Å². The van der Waals surface area contributed by atoms with Crippen LogP contribution < -0.4 is 10.6 Å². The highest BCUT2D eigenvalue weighted by Gasteiger charge is 2.14. The molecule has 0 radical (unpaired) electrons. The van der Waals surface area contributed by atoms with Gasteiger partial charge in [-0.1, -0.05) is 22.0 Å². The second-order valence-corrected chi connectivity index (χ2v) is 5.71. The standard InChI is InChI=1S/C14H19BrN2O/c1-10-4-5-11(15)9-13(10)14(18)17-8-6-12-3-2-7-16-12/h4-5,9,12,16H,2-3,6-8H2,1H3,(H,17,18)/t12-/m1/s1. The van der Waals surface area contributed by atoms with Gasteiger partial charge in [0.15, 0.2) is 0 Å². The van der Waals surface area contributed by atoms with Crippen LogP contribution in [0.15, 0.2) is 22.7 Å². The number of halogens is 1. The van der Waals surface area contributed by atoms with Crippen LogP contribution >= 0.6 is 15.9 Å². The first kappa shape index (κ1) is 13.6. The summed E-state index contributed by atoms with van der Waals surface area (Å²) in [4.78, 5) is 12.0. The van der Waals surface area contributed by atoms with Crippen LogP contribution in [-0.2, 0) is 0 Å². The predicted molar refractivity (Wildman–Crippen MR) is 76.9 cm³/mol. The number of benzene rings is 1. The normalized spacial score (nSPS) is 18.9. The van der Waals surface area contributed by atoms with Gasteiger partial charge in [-0.15, -0.1) is 0 Å². The molecule has 1 aliphatic heterocycles. The van der Waals surface area contributed by atoms with Gasteiger partial charge in [0.25, 0.3) is 5.91 Å². The van der Waals surface area contributed by atoms with E-state index in [0.717, 1.165) is 35.1 Å². The lowest BCUT2D eigenvalue weighted by molar-refractivity contribution is 0.0951. The summed E-state index contributed by atoms with van der Waals surface area (Å²) in [5, 5.41) is 6.43. The summed E-state index contributed by atoms with van der Waals surface area (Å²) < 4.78 is 0.940. The first-order valence-corrected chi connectivity index (χ1v) is 7.24. The zero-order valence-electron chi connectivity index (χ0n) is 10.6. The lowest BCUT2D eigenvalue weighted by atomic mass is 10.1. The minimum Gasteiger partial charge on any atom is -0.352 e. The number of amides is 1. The molecule has 98 valence electrons. The molecule has 1 aromatic carbocycles. The monoisotopic (exact) mass is 310 g/mol. The van der Waals surface area contributed by atoms with Crippen molar-refractivity contribution in [3.05, 3.63) is 33.8 Å². The Hall–Kier alpha value is -0.870. The molecule has 1 atom stereocenters. The molecule has 1 saturated heterocycles. The quantitative estimate of drug-likeness (QED) is 0.897. The first-order valence-electron chi connectivity index (χ1n) is 6.44. The lowest BCUT2D eigenvalue weighted by Crippen LogP contribution is -2.30. The van der Waals surface area contributed by atoms with E-state index in [2.05, 4.69) is 26.6 Å². The molecule has 2 N–H and O–H groups in total. The topological polar surface area (TPSA) is 41.1 Å². The highest BCUT2D eigenvalue weighted by molar-refractivity contribution is 9.10. The number of hydrogen-bond acceptors (Lipinski definition) is 2. The van der Waals surface area contributed by atoms with Crippen LogP contribution in [0.1, 0.15) is 35.2 Å². The number of nitrogens with one attached hydrogen (secondary N) is 2. The molecule has 1 aliphatic rings. The van der Waals surface area contributed by atoms with Crippen molar-refractivity contribution in [3.63, 3.8) is 0 Å². The molecule has 18 heavy (non-hydrogen) atoms. The van der Waals surface area contributed by atoms with Crippen LogP contribution in [0.25, 0.3) is 0 Å². The molecule has 1 amide bonds. The molecule has 1 fully saturated rings. The Bertz CT molecular complexity index is 428. The SMILES string of the molecule is Cc1ccc(Br)cc1C(=O)NCC[C@H]1CCCN1. The van der Waals surface area contributed by atoms with Gasteiger partial charge in [0.2, 0.25) is 0 Å². The van der Waals surface area contributed by atoms with Crippen LogP contribution in [0.4, 0.5) is 0 Å². The van der Waals surface area contributed by atoms with Gasteiger partial charge in [-0.05, 0) is 50.4 Å². The van der Waals surface area contributed by atoms with Gasteiger partial charge in [-0.25, -0.2) is 0 Å². The van der Waals surface area contributed by atoms with E-state index >= 15 is 0 Å². The van der Waals surface area contributed by atoms with Gasteiger partial charge < -0.3 is 10.6 Å². The van der Waals surface area contributed by atoms with Crippen LogP contribution in [-0.4, -0.2) is 25.0 Å². The molecule has 0 spiro atoms. The first-order chi connectivity index (χ1) is 8.66. The number of carbonyl (C=O) groups excluding carboxylic acids is 1. The van der Waals surface area contributed by atoms with E-state index in [4.69, 9.17) is 0 Å². The molecule has 0 unspecified atom stereocenters. The third-order valence-corrected chi connectivity index (χ3v) is 3.88. The molecule has 2 rings (SSSR count). The number of hydrogen-bond donors (Lipinski definition) is 2. The van der Waals surface area contributed by atoms with Gasteiger partial charge >= 0.3 is 0 Å².